The highest BCUT2D eigenvalue weighted by molar-refractivity contribution is 5.89. The highest BCUT2D eigenvalue weighted by Crippen LogP contribution is 2.20. The number of urea groups is 1. The monoisotopic (exact) mass is 212 g/mol. The van der Waals surface area contributed by atoms with Crippen LogP contribution in [-0.4, -0.2) is 12.1 Å². The van der Waals surface area contributed by atoms with E-state index in [1.54, 1.807) is 0 Å². The van der Waals surface area contributed by atoms with Crippen molar-refractivity contribution in [3.63, 3.8) is 0 Å². The van der Waals surface area contributed by atoms with Crippen molar-refractivity contribution in [2.75, 3.05) is 5.32 Å². The summed E-state index contributed by atoms with van der Waals surface area (Å²) >= 11 is 0. The summed E-state index contributed by atoms with van der Waals surface area (Å²) in [5.41, 5.74) is -0.145. The van der Waals surface area contributed by atoms with E-state index in [0.717, 1.165) is 18.9 Å². The minimum atomic E-state index is -1.04. The molecule has 1 fully saturated rings. The second-order valence-electron chi connectivity index (χ2n) is 3.47. The van der Waals surface area contributed by atoms with Crippen LogP contribution in [0.15, 0.2) is 18.2 Å². The van der Waals surface area contributed by atoms with Crippen molar-refractivity contribution in [2.45, 2.75) is 18.9 Å². The van der Waals surface area contributed by atoms with Crippen molar-refractivity contribution < 1.29 is 13.6 Å². The van der Waals surface area contributed by atoms with Crippen molar-refractivity contribution in [3.05, 3.63) is 29.8 Å². The zero-order chi connectivity index (χ0) is 10.8. The van der Waals surface area contributed by atoms with Crippen molar-refractivity contribution in [1.82, 2.24) is 5.32 Å². The van der Waals surface area contributed by atoms with E-state index in [0.29, 0.717) is 0 Å². The van der Waals surface area contributed by atoms with Gasteiger partial charge in [-0.05, 0) is 25.0 Å². The minimum absolute atomic E-state index is 0.145. The largest absolute Gasteiger partial charge is 0.335 e. The quantitative estimate of drug-likeness (QED) is 0.775. The van der Waals surface area contributed by atoms with Gasteiger partial charge in [0.2, 0.25) is 0 Å². The van der Waals surface area contributed by atoms with Crippen molar-refractivity contribution in [1.29, 1.82) is 0 Å². The second-order valence-corrected chi connectivity index (χ2v) is 3.47. The fraction of sp³-hybridized carbons (Fsp3) is 0.300. The average molecular weight is 212 g/mol. The molecule has 3 nitrogen and oxygen atoms in total. The smallest absolute Gasteiger partial charge is 0.319 e. The molecule has 2 amide bonds. The Balaban J connectivity index is 2.02. The average Bonchev–Trinajstić information content (AvgIpc) is 2.97. The van der Waals surface area contributed by atoms with Crippen LogP contribution in [0.1, 0.15) is 12.8 Å². The number of amides is 2. The molecule has 1 aromatic rings. The van der Waals surface area contributed by atoms with Gasteiger partial charge in [-0.15, -0.1) is 0 Å². The van der Waals surface area contributed by atoms with E-state index in [4.69, 9.17) is 0 Å². The van der Waals surface area contributed by atoms with Gasteiger partial charge in [0.25, 0.3) is 0 Å². The van der Waals surface area contributed by atoms with E-state index in [2.05, 4.69) is 10.6 Å². The molecule has 1 aromatic carbocycles. The number of benzene rings is 1. The van der Waals surface area contributed by atoms with E-state index in [1.165, 1.54) is 12.1 Å². The fourth-order valence-electron chi connectivity index (χ4n) is 1.17. The molecule has 0 aromatic heterocycles. The number of hydrogen-bond acceptors (Lipinski definition) is 1. The highest BCUT2D eigenvalue weighted by Gasteiger charge is 2.23. The number of rotatable bonds is 2. The summed E-state index contributed by atoms with van der Waals surface area (Å²) in [6.07, 6.45) is 1.89. The maximum atomic E-state index is 13.1. The molecule has 0 atom stereocenters. The zero-order valence-electron chi connectivity index (χ0n) is 7.89. The Bertz CT molecular complexity index is 391. The Kier molecular flexibility index (Phi) is 2.53. The van der Waals surface area contributed by atoms with Gasteiger partial charge in [-0.2, -0.15) is 0 Å². The molecule has 80 valence electrons. The summed E-state index contributed by atoms with van der Waals surface area (Å²) < 4.78 is 25.9. The lowest BCUT2D eigenvalue weighted by Gasteiger charge is -2.07. The Morgan fingerprint density at radius 2 is 2.07 bits per heavy atom. The molecule has 2 rings (SSSR count). The third kappa shape index (κ3) is 2.43. The van der Waals surface area contributed by atoms with E-state index in [-0.39, 0.29) is 11.7 Å². The second kappa shape index (κ2) is 3.84. The molecule has 0 heterocycles. The summed E-state index contributed by atoms with van der Waals surface area (Å²) in [6.45, 7) is 0. The van der Waals surface area contributed by atoms with Gasteiger partial charge in [-0.25, -0.2) is 13.6 Å². The summed E-state index contributed by atoms with van der Waals surface area (Å²) in [6, 6.07) is 3.33. The molecule has 0 aliphatic heterocycles. The molecule has 15 heavy (non-hydrogen) atoms. The zero-order valence-corrected chi connectivity index (χ0v) is 7.89. The normalized spacial score (nSPS) is 14.8. The summed E-state index contributed by atoms with van der Waals surface area (Å²) in [4.78, 5) is 11.2. The SMILES string of the molecule is O=C(Nc1cccc(F)c1F)NC1CC1. The highest BCUT2D eigenvalue weighted by atomic mass is 19.2. The lowest BCUT2D eigenvalue weighted by molar-refractivity contribution is 0.251. The first-order chi connectivity index (χ1) is 7.16. The first kappa shape index (κ1) is 9.89. The van der Waals surface area contributed by atoms with E-state index < -0.39 is 17.7 Å². The van der Waals surface area contributed by atoms with Crippen LogP contribution in [0.3, 0.4) is 0 Å². The predicted octanol–water partition coefficient (Wildman–Crippen LogP) is 2.25. The van der Waals surface area contributed by atoms with Crippen LogP contribution in [0, 0.1) is 11.6 Å². The molecule has 2 N–H and O–H groups in total. The maximum absolute atomic E-state index is 13.1. The molecule has 0 radical (unpaired) electrons. The third-order valence-electron chi connectivity index (χ3n) is 2.11. The Hall–Kier alpha value is -1.65. The Labute approximate surface area is 85.5 Å². The molecule has 5 heteroatoms. The molecule has 0 bridgehead atoms. The standard InChI is InChI=1S/C10H10F2N2O/c11-7-2-1-3-8(9(7)12)14-10(15)13-6-4-5-6/h1-3,6H,4-5H2,(H2,13,14,15). The maximum Gasteiger partial charge on any atom is 0.319 e. The van der Waals surface area contributed by atoms with Crippen LogP contribution in [0.4, 0.5) is 19.3 Å². The predicted molar refractivity (Wildman–Crippen MR) is 51.5 cm³/mol. The van der Waals surface area contributed by atoms with Crippen molar-refractivity contribution >= 4 is 11.7 Å². The number of hydrogen-bond donors (Lipinski definition) is 2. The van der Waals surface area contributed by atoms with Gasteiger partial charge in [-0.1, -0.05) is 6.07 Å². The number of halogens is 2. The van der Waals surface area contributed by atoms with E-state index >= 15 is 0 Å². The van der Waals surface area contributed by atoms with Crippen LogP contribution >= 0.6 is 0 Å². The van der Waals surface area contributed by atoms with Gasteiger partial charge in [0.1, 0.15) is 0 Å². The van der Waals surface area contributed by atoms with Crippen LogP contribution < -0.4 is 10.6 Å². The van der Waals surface area contributed by atoms with Gasteiger partial charge in [-0.3, -0.25) is 0 Å². The van der Waals surface area contributed by atoms with Crippen molar-refractivity contribution in [3.8, 4) is 0 Å². The summed E-state index contributed by atoms with van der Waals surface area (Å²) in [5.74, 6) is -2.01. The van der Waals surface area contributed by atoms with Crippen LogP contribution in [0.5, 0.6) is 0 Å². The summed E-state index contributed by atoms with van der Waals surface area (Å²) in [7, 11) is 0. The summed E-state index contributed by atoms with van der Waals surface area (Å²) in [5, 5.41) is 4.87. The lowest BCUT2D eigenvalue weighted by atomic mass is 10.3. The minimum Gasteiger partial charge on any atom is -0.335 e. The number of anilines is 1. The first-order valence-corrected chi connectivity index (χ1v) is 4.68. The van der Waals surface area contributed by atoms with Crippen LogP contribution in [0.25, 0.3) is 0 Å². The number of nitrogens with one attached hydrogen (secondary N) is 2. The molecule has 1 aliphatic carbocycles. The molecule has 1 saturated carbocycles. The van der Waals surface area contributed by atoms with Gasteiger partial charge < -0.3 is 10.6 Å². The van der Waals surface area contributed by atoms with Crippen LogP contribution in [-0.2, 0) is 0 Å². The first-order valence-electron chi connectivity index (χ1n) is 4.68. The fourth-order valence-corrected chi connectivity index (χ4v) is 1.17. The molecular weight excluding hydrogens is 202 g/mol. The Morgan fingerprint density at radius 1 is 1.33 bits per heavy atom. The number of carbonyl (C=O) groups is 1. The van der Waals surface area contributed by atoms with Gasteiger partial charge in [0, 0.05) is 6.04 Å². The van der Waals surface area contributed by atoms with Gasteiger partial charge in [0.15, 0.2) is 11.6 Å². The number of carbonyl (C=O) groups excluding carboxylic acids is 1. The molecular formula is C10H10F2N2O. The molecule has 0 spiro atoms. The van der Waals surface area contributed by atoms with Gasteiger partial charge in [0.05, 0.1) is 5.69 Å². The molecule has 0 unspecified atom stereocenters. The lowest BCUT2D eigenvalue weighted by Crippen LogP contribution is -2.30. The van der Waals surface area contributed by atoms with E-state index in [9.17, 15) is 13.6 Å². The third-order valence-corrected chi connectivity index (χ3v) is 2.11. The molecule has 1 aliphatic rings. The van der Waals surface area contributed by atoms with Crippen molar-refractivity contribution in [2.24, 2.45) is 0 Å². The Morgan fingerprint density at radius 3 is 2.73 bits per heavy atom. The van der Waals surface area contributed by atoms with E-state index in [1.807, 2.05) is 0 Å². The van der Waals surface area contributed by atoms with Gasteiger partial charge >= 0.3 is 6.03 Å². The van der Waals surface area contributed by atoms with Crippen LogP contribution in [0.2, 0.25) is 0 Å². The molecule has 0 saturated heterocycles. The topological polar surface area (TPSA) is 41.1 Å².